The number of nitrogens with zero attached hydrogens (tertiary/aromatic N) is 1. The molecule has 2 amide bonds. The van der Waals surface area contributed by atoms with Gasteiger partial charge in [-0.15, -0.1) is 0 Å². The summed E-state index contributed by atoms with van der Waals surface area (Å²) in [5.41, 5.74) is -0.0719. The van der Waals surface area contributed by atoms with Crippen LogP contribution in [0.25, 0.3) is 0 Å². The van der Waals surface area contributed by atoms with Crippen molar-refractivity contribution >= 4 is 23.8 Å². The molecule has 0 aromatic carbocycles. The summed E-state index contributed by atoms with van der Waals surface area (Å²) in [5, 5.41) is 12.1. The predicted molar refractivity (Wildman–Crippen MR) is 86.7 cm³/mol. The lowest BCUT2D eigenvalue weighted by molar-refractivity contribution is -0.142. The van der Waals surface area contributed by atoms with E-state index in [1.807, 2.05) is 32.5 Å². The number of carbonyl (C=O) groups excluding carboxylic acids is 1. The number of rotatable bonds is 4. The van der Waals surface area contributed by atoms with E-state index in [9.17, 15) is 14.7 Å². The second-order valence-electron chi connectivity index (χ2n) is 7.52. The maximum atomic E-state index is 12.2. The molecular formula is C15H28N2O3S. The number of urea groups is 1. The van der Waals surface area contributed by atoms with Crippen molar-refractivity contribution in [2.24, 2.45) is 11.3 Å². The number of hydrogen-bond acceptors (Lipinski definition) is 3. The summed E-state index contributed by atoms with van der Waals surface area (Å²) in [5.74, 6) is -0.467. The smallest absolute Gasteiger partial charge is 0.317 e. The molecule has 1 atom stereocenters. The minimum absolute atomic E-state index is 0.0627. The highest BCUT2D eigenvalue weighted by Gasteiger charge is 2.31. The molecule has 1 rings (SSSR count). The lowest BCUT2D eigenvalue weighted by atomic mass is 9.84. The van der Waals surface area contributed by atoms with Gasteiger partial charge in [-0.2, -0.15) is 11.8 Å². The predicted octanol–water partition coefficient (Wildman–Crippen LogP) is 2.66. The highest BCUT2D eigenvalue weighted by atomic mass is 32.2. The average molecular weight is 316 g/mol. The van der Waals surface area contributed by atoms with Crippen molar-refractivity contribution in [3.63, 3.8) is 0 Å². The van der Waals surface area contributed by atoms with Crippen molar-refractivity contribution < 1.29 is 14.7 Å². The molecule has 1 aliphatic heterocycles. The Kier molecular flexibility index (Phi) is 5.96. The highest BCUT2D eigenvalue weighted by Crippen LogP contribution is 2.29. The second-order valence-corrected chi connectivity index (χ2v) is 9.32. The number of carboxylic acids is 1. The molecule has 1 aliphatic rings. The van der Waals surface area contributed by atoms with E-state index in [1.54, 1.807) is 4.90 Å². The molecule has 122 valence electrons. The topological polar surface area (TPSA) is 69.6 Å². The van der Waals surface area contributed by atoms with Gasteiger partial charge in [-0.25, -0.2) is 4.79 Å². The fraction of sp³-hybridized carbons (Fsp3) is 0.867. The van der Waals surface area contributed by atoms with Crippen molar-refractivity contribution in [3.8, 4) is 0 Å². The van der Waals surface area contributed by atoms with Crippen LogP contribution in [0.5, 0.6) is 0 Å². The monoisotopic (exact) mass is 316 g/mol. The van der Waals surface area contributed by atoms with E-state index < -0.39 is 11.9 Å². The zero-order valence-corrected chi connectivity index (χ0v) is 14.5. The summed E-state index contributed by atoms with van der Waals surface area (Å²) in [4.78, 5) is 25.3. The van der Waals surface area contributed by atoms with Crippen LogP contribution < -0.4 is 5.32 Å². The van der Waals surface area contributed by atoms with Gasteiger partial charge in [-0.3, -0.25) is 4.79 Å². The van der Waals surface area contributed by atoms with E-state index in [0.29, 0.717) is 13.0 Å². The third-order valence-corrected chi connectivity index (χ3v) is 4.72. The largest absolute Gasteiger partial charge is 0.481 e. The number of carboxylic acid groups (broad SMARTS) is 1. The van der Waals surface area contributed by atoms with Gasteiger partial charge >= 0.3 is 12.0 Å². The van der Waals surface area contributed by atoms with E-state index >= 15 is 0 Å². The molecule has 0 aromatic heterocycles. The van der Waals surface area contributed by atoms with Crippen molar-refractivity contribution in [1.29, 1.82) is 0 Å². The van der Waals surface area contributed by atoms with Crippen LogP contribution in [0.15, 0.2) is 0 Å². The summed E-state index contributed by atoms with van der Waals surface area (Å²) in [6.07, 6.45) is 0.546. The molecule has 6 heteroatoms. The standard InChI is InChI=1S/C15H28N2O3S/c1-14(2,3)8-11(12(18)19)9-16-13(20)17-6-7-21-15(4,5)10-17/h11H,6-10H2,1-5H3,(H,16,20)(H,18,19). The molecule has 0 radical (unpaired) electrons. The summed E-state index contributed by atoms with van der Waals surface area (Å²) in [6, 6.07) is -0.150. The molecule has 0 aromatic rings. The molecular weight excluding hydrogens is 288 g/mol. The Morgan fingerprint density at radius 3 is 2.48 bits per heavy atom. The van der Waals surface area contributed by atoms with Crippen LogP contribution in [0.2, 0.25) is 0 Å². The number of carbonyl (C=O) groups is 2. The zero-order valence-electron chi connectivity index (χ0n) is 13.7. The third kappa shape index (κ3) is 6.59. The summed E-state index contributed by atoms with van der Waals surface area (Å²) in [6.45, 7) is 11.9. The van der Waals surface area contributed by atoms with Gasteiger partial charge in [-0.05, 0) is 25.7 Å². The first-order valence-corrected chi connectivity index (χ1v) is 8.38. The van der Waals surface area contributed by atoms with Gasteiger partial charge in [0.2, 0.25) is 0 Å². The van der Waals surface area contributed by atoms with E-state index in [0.717, 1.165) is 12.3 Å². The van der Waals surface area contributed by atoms with E-state index in [4.69, 9.17) is 0 Å². The fourth-order valence-electron chi connectivity index (χ4n) is 2.50. The van der Waals surface area contributed by atoms with E-state index in [-0.39, 0.29) is 22.7 Å². The minimum atomic E-state index is -0.847. The summed E-state index contributed by atoms with van der Waals surface area (Å²) in [7, 11) is 0. The van der Waals surface area contributed by atoms with Gasteiger partial charge in [0.25, 0.3) is 0 Å². The van der Waals surface area contributed by atoms with Gasteiger partial charge in [0.15, 0.2) is 0 Å². The third-order valence-electron chi connectivity index (χ3n) is 3.42. The van der Waals surface area contributed by atoms with Crippen LogP contribution in [-0.2, 0) is 4.79 Å². The molecule has 1 fully saturated rings. The van der Waals surface area contributed by atoms with Crippen molar-refractivity contribution in [3.05, 3.63) is 0 Å². The Balaban J connectivity index is 2.52. The van der Waals surface area contributed by atoms with Crippen LogP contribution in [0, 0.1) is 11.3 Å². The Hall–Kier alpha value is -0.910. The number of aliphatic carboxylic acids is 1. The maximum absolute atomic E-state index is 12.2. The molecule has 5 nitrogen and oxygen atoms in total. The Bertz CT molecular complexity index is 391. The number of hydrogen-bond donors (Lipinski definition) is 2. The maximum Gasteiger partial charge on any atom is 0.317 e. The van der Waals surface area contributed by atoms with Crippen molar-refractivity contribution in [2.45, 2.75) is 45.8 Å². The first kappa shape index (κ1) is 18.1. The number of amides is 2. The van der Waals surface area contributed by atoms with E-state index in [2.05, 4.69) is 19.2 Å². The van der Waals surface area contributed by atoms with Gasteiger partial charge < -0.3 is 15.3 Å². The lowest BCUT2D eigenvalue weighted by Crippen LogP contribution is -2.51. The molecule has 1 saturated heterocycles. The molecule has 0 spiro atoms. The van der Waals surface area contributed by atoms with Crippen LogP contribution >= 0.6 is 11.8 Å². The number of thioether (sulfide) groups is 1. The highest BCUT2D eigenvalue weighted by molar-refractivity contribution is 8.00. The molecule has 0 bridgehead atoms. The Morgan fingerprint density at radius 1 is 1.38 bits per heavy atom. The van der Waals surface area contributed by atoms with Gasteiger partial charge in [0.1, 0.15) is 0 Å². The first-order chi connectivity index (χ1) is 9.50. The van der Waals surface area contributed by atoms with Gasteiger partial charge in [0, 0.05) is 30.1 Å². The van der Waals surface area contributed by atoms with Crippen LogP contribution in [0.1, 0.15) is 41.0 Å². The number of nitrogens with one attached hydrogen (secondary N) is 1. The average Bonchev–Trinajstić information content (AvgIpc) is 2.31. The van der Waals surface area contributed by atoms with Crippen molar-refractivity contribution in [2.75, 3.05) is 25.4 Å². The molecule has 2 N–H and O–H groups in total. The quantitative estimate of drug-likeness (QED) is 0.836. The second kappa shape index (κ2) is 6.90. The Morgan fingerprint density at radius 2 is 2.00 bits per heavy atom. The molecule has 1 unspecified atom stereocenters. The van der Waals surface area contributed by atoms with Gasteiger partial charge in [-0.1, -0.05) is 20.8 Å². The lowest BCUT2D eigenvalue weighted by Gasteiger charge is -2.37. The van der Waals surface area contributed by atoms with Crippen LogP contribution in [0.4, 0.5) is 4.79 Å². The summed E-state index contributed by atoms with van der Waals surface area (Å²) >= 11 is 1.86. The van der Waals surface area contributed by atoms with E-state index in [1.165, 1.54) is 0 Å². The van der Waals surface area contributed by atoms with Gasteiger partial charge in [0.05, 0.1) is 5.92 Å². The molecule has 0 saturated carbocycles. The van der Waals surface area contributed by atoms with Crippen LogP contribution in [-0.4, -0.2) is 52.1 Å². The summed E-state index contributed by atoms with van der Waals surface area (Å²) < 4.78 is 0.0627. The fourth-order valence-corrected chi connectivity index (χ4v) is 3.61. The normalized spacial score (nSPS) is 20.0. The Labute approximate surface area is 131 Å². The molecule has 21 heavy (non-hydrogen) atoms. The zero-order chi connectivity index (χ0) is 16.3. The molecule has 0 aliphatic carbocycles. The minimum Gasteiger partial charge on any atom is -0.481 e. The SMILES string of the molecule is CC(C)(C)CC(CNC(=O)N1CCSC(C)(C)C1)C(=O)O. The van der Waals surface area contributed by atoms with Crippen LogP contribution in [0.3, 0.4) is 0 Å². The molecule has 1 heterocycles. The first-order valence-electron chi connectivity index (χ1n) is 7.40. The van der Waals surface area contributed by atoms with Crippen molar-refractivity contribution in [1.82, 2.24) is 10.2 Å².